The van der Waals surface area contributed by atoms with E-state index in [9.17, 15) is 9.90 Å². The Balaban J connectivity index is 1.46. The Morgan fingerprint density at radius 2 is 2.12 bits per heavy atom. The molecule has 1 aromatic carbocycles. The first-order valence-electron chi connectivity index (χ1n) is 8.87. The fraction of sp³-hybridized carbons (Fsp3) is 0.421. The molecule has 0 atom stereocenters. The number of hydrogen-bond acceptors (Lipinski definition) is 4. The summed E-state index contributed by atoms with van der Waals surface area (Å²) in [7, 11) is 1.86. The molecule has 0 unspecified atom stereocenters. The smallest absolute Gasteiger partial charge is 0.253 e. The lowest BCUT2D eigenvalue weighted by molar-refractivity contribution is 0.0908. The molecule has 0 saturated heterocycles. The molecule has 0 bridgehead atoms. The first-order chi connectivity index (χ1) is 12.5. The minimum Gasteiger partial charge on any atom is -0.388 e. The fourth-order valence-corrected chi connectivity index (χ4v) is 3.75. The van der Waals surface area contributed by atoms with Gasteiger partial charge in [0.05, 0.1) is 11.1 Å². The van der Waals surface area contributed by atoms with Gasteiger partial charge in [-0.15, -0.1) is 10.2 Å². The molecule has 26 heavy (non-hydrogen) atoms. The Labute approximate surface area is 151 Å². The number of aliphatic hydroxyl groups excluding tert-OH is 1. The van der Waals surface area contributed by atoms with Crippen LogP contribution in [0.5, 0.6) is 0 Å². The van der Waals surface area contributed by atoms with Crippen molar-refractivity contribution in [1.29, 1.82) is 0 Å². The third kappa shape index (κ3) is 2.59. The Morgan fingerprint density at radius 3 is 2.81 bits per heavy atom. The summed E-state index contributed by atoms with van der Waals surface area (Å²) in [5, 5.41) is 21.6. The van der Waals surface area contributed by atoms with Crippen LogP contribution in [0.4, 0.5) is 0 Å². The Hall–Kier alpha value is -2.67. The van der Waals surface area contributed by atoms with Crippen LogP contribution < -0.4 is 5.32 Å². The molecule has 0 radical (unpaired) electrons. The number of carbonyl (C=O) groups is 1. The van der Waals surface area contributed by atoms with Crippen molar-refractivity contribution < 1.29 is 9.90 Å². The van der Waals surface area contributed by atoms with E-state index in [0.29, 0.717) is 11.4 Å². The van der Waals surface area contributed by atoms with Gasteiger partial charge in [0.1, 0.15) is 12.4 Å². The average Bonchev–Trinajstić information content (AvgIpc) is 3.10. The quantitative estimate of drug-likeness (QED) is 0.669. The molecule has 1 amide bonds. The molecule has 0 spiro atoms. The second-order valence-electron chi connectivity index (χ2n) is 7.13. The van der Waals surface area contributed by atoms with E-state index in [4.69, 9.17) is 0 Å². The average molecular weight is 353 g/mol. The van der Waals surface area contributed by atoms with Crippen molar-refractivity contribution in [2.75, 3.05) is 0 Å². The lowest BCUT2D eigenvalue weighted by Gasteiger charge is -2.35. The normalized spacial score (nSPS) is 19.5. The van der Waals surface area contributed by atoms with Crippen molar-refractivity contribution >= 4 is 16.8 Å². The number of carbonyl (C=O) groups excluding carboxylic acids is 1. The molecule has 3 N–H and O–H groups in total. The molecule has 3 aromatic rings. The van der Waals surface area contributed by atoms with Gasteiger partial charge >= 0.3 is 0 Å². The molecule has 4 rings (SSSR count). The highest BCUT2D eigenvalue weighted by Gasteiger charge is 2.35. The standard InChI is InChI=1S/C19H23N5O2/c1-10-11(2)20-17-14(10)5-4-6-15(17)19(26)21-13-7-12(8-13)18-23-22-16(9-25)24(18)3/h4-6,12-13,20,25H,7-9H2,1-3H3,(H,21,26). The van der Waals surface area contributed by atoms with Crippen molar-refractivity contribution in [2.45, 2.75) is 45.3 Å². The molecule has 2 aromatic heterocycles. The van der Waals surface area contributed by atoms with E-state index in [1.54, 1.807) is 0 Å². The van der Waals surface area contributed by atoms with Gasteiger partial charge in [0, 0.05) is 30.1 Å². The van der Waals surface area contributed by atoms with Crippen molar-refractivity contribution in [2.24, 2.45) is 7.05 Å². The zero-order chi connectivity index (χ0) is 18.4. The number of amides is 1. The summed E-state index contributed by atoms with van der Waals surface area (Å²) in [6.07, 6.45) is 1.67. The van der Waals surface area contributed by atoms with Gasteiger partial charge < -0.3 is 20.0 Å². The lowest BCUT2D eigenvalue weighted by Crippen LogP contribution is -2.44. The highest BCUT2D eigenvalue weighted by Crippen LogP contribution is 2.36. The number of nitrogens with zero attached hydrogens (tertiary/aromatic N) is 3. The maximum Gasteiger partial charge on any atom is 0.253 e. The van der Waals surface area contributed by atoms with Crippen LogP contribution in [-0.4, -0.2) is 36.8 Å². The molecule has 1 fully saturated rings. The third-order valence-electron chi connectivity index (χ3n) is 5.57. The van der Waals surface area contributed by atoms with Crippen molar-refractivity contribution in [3.8, 4) is 0 Å². The van der Waals surface area contributed by atoms with Crippen LogP contribution in [0.3, 0.4) is 0 Å². The van der Waals surface area contributed by atoms with Crippen LogP contribution in [0.2, 0.25) is 0 Å². The molecule has 7 nitrogen and oxygen atoms in total. The number of aromatic nitrogens is 4. The summed E-state index contributed by atoms with van der Waals surface area (Å²) in [6, 6.07) is 5.96. The predicted octanol–water partition coefficient (Wildman–Crippen LogP) is 2.08. The number of benzene rings is 1. The zero-order valence-electron chi connectivity index (χ0n) is 15.2. The minimum absolute atomic E-state index is 0.0469. The molecule has 7 heteroatoms. The van der Waals surface area contributed by atoms with Gasteiger partial charge in [-0.1, -0.05) is 12.1 Å². The third-order valence-corrected chi connectivity index (χ3v) is 5.57. The highest BCUT2D eigenvalue weighted by atomic mass is 16.3. The summed E-state index contributed by atoms with van der Waals surface area (Å²) < 4.78 is 1.84. The van der Waals surface area contributed by atoms with Crippen LogP contribution in [0.25, 0.3) is 10.9 Å². The Morgan fingerprint density at radius 1 is 1.35 bits per heavy atom. The van der Waals surface area contributed by atoms with Crippen molar-refractivity contribution in [1.82, 2.24) is 25.1 Å². The van der Waals surface area contributed by atoms with Gasteiger partial charge in [0.25, 0.3) is 5.91 Å². The van der Waals surface area contributed by atoms with E-state index in [-0.39, 0.29) is 24.5 Å². The van der Waals surface area contributed by atoms with E-state index in [1.807, 2.05) is 36.7 Å². The maximum atomic E-state index is 12.7. The van der Waals surface area contributed by atoms with Crippen LogP contribution in [-0.2, 0) is 13.7 Å². The molecular formula is C19H23N5O2. The van der Waals surface area contributed by atoms with Gasteiger partial charge in [0.15, 0.2) is 5.82 Å². The van der Waals surface area contributed by atoms with Gasteiger partial charge in [-0.3, -0.25) is 4.79 Å². The Bertz CT molecular complexity index is 981. The second kappa shape index (κ2) is 6.25. The number of rotatable bonds is 4. The maximum absolute atomic E-state index is 12.7. The van der Waals surface area contributed by atoms with Gasteiger partial charge in [-0.2, -0.15) is 0 Å². The highest BCUT2D eigenvalue weighted by molar-refractivity contribution is 6.06. The number of para-hydroxylation sites is 1. The summed E-state index contributed by atoms with van der Waals surface area (Å²) in [5.74, 6) is 1.66. The van der Waals surface area contributed by atoms with Crippen LogP contribution in [0.1, 0.15) is 52.0 Å². The molecule has 1 aliphatic rings. The van der Waals surface area contributed by atoms with E-state index in [1.165, 1.54) is 5.56 Å². The summed E-state index contributed by atoms with van der Waals surface area (Å²) in [5.41, 5.74) is 3.85. The van der Waals surface area contributed by atoms with Gasteiger partial charge in [-0.25, -0.2) is 0 Å². The number of aliphatic hydroxyl groups is 1. The molecule has 1 saturated carbocycles. The number of hydrogen-bond donors (Lipinski definition) is 3. The van der Waals surface area contributed by atoms with Gasteiger partial charge in [-0.05, 0) is 38.3 Å². The zero-order valence-corrected chi connectivity index (χ0v) is 15.2. The van der Waals surface area contributed by atoms with Crippen molar-refractivity contribution in [3.05, 3.63) is 46.7 Å². The van der Waals surface area contributed by atoms with E-state index in [0.717, 1.165) is 35.3 Å². The van der Waals surface area contributed by atoms with Crippen molar-refractivity contribution in [3.63, 3.8) is 0 Å². The molecule has 1 aliphatic carbocycles. The number of H-pyrrole nitrogens is 1. The number of nitrogens with one attached hydrogen (secondary N) is 2. The topological polar surface area (TPSA) is 95.8 Å². The predicted molar refractivity (Wildman–Crippen MR) is 97.9 cm³/mol. The number of fused-ring (bicyclic) bond motifs is 1. The first kappa shape index (κ1) is 16.8. The number of aryl methyl sites for hydroxylation is 2. The van der Waals surface area contributed by atoms with E-state index < -0.39 is 0 Å². The first-order valence-corrected chi connectivity index (χ1v) is 8.87. The van der Waals surface area contributed by atoms with Crippen LogP contribution in [0, 0.1) is 13.8 Å². The van der Waals surface area contributed by atoms with E-state index in [2.05, 4.69) is 27.4 Å². The Kier molecular flexibility index (Phi) is 4.03. The fourth-order valence-electron chi connectivity index (χ4n) is 3.75. The molecule has 2 heterocycles. The monoisotopic (exact) mass is 353 g/mol. The summed E-state index contributed by atoms with van der Waals surface area (Å²) in [6.45, 7) is 3.97. The largest absolute Gasteiger partial charge is 0.388 e. The minimum atomic E-state index is -0.116. The lowest BCUT2D eigenvalue weighted by atomic mass is 9.79. The molecule has 136 valence electrons. The summed E-state index contributed by atoms with van der Waals surface area (Å²) >= 11 is 0. The van der Waals surface area contributed by atoms with E-state index >= 15 is 0 Å². The second-order valence-corrected chi connectivity index (χ2v) is 7.13. The van der Waals surface area contributed by atoms with Crippen LogP contribution >= 0.6 is 0 Å². The molecule has 0 aliphatic heterocycles. The number of aromatic amines is 1. The van der Waals surface area contributed by atoms with Gasteiger partial charge in [0.2, 0.25) is 0 Å². The molecular weight excluding hydrogens is 330 g/mol. The SMILES string of the molecule is Cc1[nH]c2c(C(=O)NC3CC(c4nnc(CO)n4C)C3)cccc2c1C. The van der Waals surface area contributed by atoms with Crippen LogP contribution in [0.15, 0.2) is 18.2 Å². The summed E-state index contributed by atoms with van der Waals surface area (Å²) in [4.78, 5) is 16.1.